The predicted octanol–water partition coefficient (Wildman–Crippen LogP) is 1.34. The average molecular weight is 368 g/mol. The third-order valence-electron chi connectivity index (χ3n) is 5.30. The quantitative estimate of drug-likeness (QED) is 0.367. The first-order chi connectivity index (χ1) is 13.8. The van der Waals surface area contributed by atoms with Crippen LogP contribution in [0.3, 0.4) is 0 Å². The van der Waals surface area contributed by atoms with Crippen LogP contribution in [0, 0.1) is 0 Å². The summed E-state index contributed by atoms with van der Waals surface area (Å²) in [4.78, 5) is 0. The molecule has 0 aliphatic carbocycles. The van der Waals surface area contributed by atoms with Crippen LogP contribution in [0.2, 0.25) is 0 Å². The van der Waals surface area contributed by atoms with Crippen LogP contribution in [0.15, 0.2) is 98.1 Å². The van der Waals surface area contributed by atoms with Gasteiger partial charge in [-0.05, 0) is 0 Å². The summed E-state index contributed by atoms with van der Waals surface area (Å²) in [5.41, 5.74) is 5.22. The normalized spacial score (nSPS) is 13.1. The Morgan fingerprint density at radius 2 is 0.500 bits per heavy atom. The average Bonchev–Trinajstić information content (AvgIpc) is 2.73. The molecule has 136 valence electrons. The number of hydrogen-bond acceptors (Lipinski definition) is 0. The van der Waals surface area contributed by atoms with Crippen LogP contribution in [-0.4, -0.2) is 0 Å². The van der Waals surface area contributed by atoms with E-state index in [1.165, 1.54) is 22.3 Å². The first kappa shape index (κ1) is 16.8. The van der Waals surface area contributed by atoms with Gasteiger partial charge in [0.25, 0.3) is 0 Å². The number of aromatic nitrogens is 4. The van der Waals surface area contributed by atoms with E-state index in [1.54, 1.807) is 0 Å². The Morgan fingerprint density at radius 1 is 0.321 bits per heavy atom. The maximum atomic E-state index is 2.23. The van der Waals surface area contributed by atoms with Crippen LogP contribution < -0.4 is 18.3 Å². The van der Waals surface area contributed by atoms with Crippen LogP contribution in [0.1, 0.15) is 22.3 Å². The standard InChI is InChI=1S/C24H24N4/c1-9-25-10-2-21(1)17-26-11-3-23(4-12-26)19-28-15-7-24(8-16-28)20-27-13-5-22(18-25)6-14-27/h1-16H,17-20H2/q+4. The molecule has 0 radical (unpaired) electrons. The summed E-state index contributed by atoms with van der Waals surface area (Å²) in [5, 5.41) is 0. The summed E-state index contributed by atoms with van der Waals surface area (Å²) < 4.78 is 8.91. The third-order valence-corrected chi connectivity index (χ3v) is 5.30. The molecule has 8 bridgehead atoms. The van der Waals surface area contributed by atoms with Gasteiger partial charge in [0.1, 0.15) is 0 Å². The molecule has 10 aliphatic heterocycles. The minimum absolute atomic E-state index is 0.883. The Labute approximate surface area is 165 Å². The van der Waals surface area contributed by atoms with Gasteiger partial charge in [-0.2, -0.15) is 0 Å². The summed E-state index contributed by atoms with van der Waals surface area (Å²) in [5.74, 6) is 0. The lowest BCUT2D eigenvalue weighted by molar-refractivity contribution is -0.698. The second kappa shape index (κ2) is 7.31. The van der Waals surface area contributed by atoms with Gasteiger partial charge in [0.2, 0.25) is 0 Å². The molecule has 0 unspecified atom stereocenters. The van der Waals surface area contributed by atoms with Gasteiger partial charge in [-0.25, -0.2) is 18.3 Å². The molecule has 0 fully saturated rings. The minimum Gasteiger partial charge on any atom is -0.201 e. The molecule has 0 N–H and O–H groups in total. The maximum absolute atomic E-state index is 2.23. The van der Waals surface area contributed by atoms with Crippen molar-refractivity contribution in [3.05, 3.63) is 120 Å². The fraction of sp³-hybridized carbons (Fsp3) is 0.167. The SMILES string of the molecule is c1c[n+]2ccc1C[n+]1ccc(cc1)C[n+]1ccc(cc1)C[n+]1ccc(cc1)C2. The largest absolute Gasteiger partial charge is 0.201 e. The van der Waals surface area contributed by atoms with Gasteiger partial charge in [-0.1, -0.05) is 0 Å². The van der Waals surface area contributed by atoms with E-state index in [1.807, 2.05) is 0 Å². The van der Waals surface area contributed by atoms with E-state index in [4.69, 9.17) is 0 Å². The zero-order chi connectivity index (χ0) is 18.8. The molecule has 0 spiro atoms. The number of rotatable bonds is 0. The fourth-order valence-corrected chi connectivity index (χ4v) is 3.64. The van der Waals surface area contributed by atoms with E-state index in [-0.39, 0.29) is 0 Å². The summed E-state index contributed by atoms with van der Waals surface area (Å²) in [7, 11) is 0. The Balaban J connectivity index is 1.51. The molecule has 10 aliphatic rings. The van der Waals surface area contributed by atoms with Gasteiger partial charge in [0.15, 0.2) is 75.8 Å². The molecule has 4 aromatic rings. The molecule has 0 saturated carbocycles. The zero-order valence-corrected chi connectivity index (χ0v) is 15.9. The molecule has 28 heavy (non-hydrogen) atoms. The first-order valence-corrected chi connectivity index (χ1v) is 9.72. The molecular weight excluding hydrogens is 344 g/mol. The van der Waals surface area contributed by atoms with Gasteiger partial charge in [-0.3, -0.25) is 0 Å². The topological polar surface area (TPSA) is 15.5 Å². The smallest absolute Gasteiger partial charge is 0.174 e. The van der Waals surface area contributed by atoms with Crippen molar-refractivity contribution in [3.8, 4) is 0 Å². The van der Waals surface area contributed by atoms with Gasteiger partial charge in [-0.15, -0.1) is 0 Å². The van der Waals surface area contributed by atoms with Crippen LogP contribution in [0.25, 0.3) is 0 Å². The van der Waals surface area contributed by atoms with Crippen molar-refractivity contribution in [1.29, 1.82) is 0 Å². The maximum Gasteiger partial charge on any atom is 0.174 e. The van der Waals surface area contributed by atoms with Crippen LogP contribution >= 0.6 is 0 Å². The molecule has 4 nitrogen and oxygen atoms in total. The van der Waals surface area contributed by atoms with Crippen molar-refractivity contribution in [2.75, 3.05) is 0 Å². The minimum atomic E-state index is 0.883. The van der Waals surface area contributed by atoms with Crippen molar-refractivity contribution in [2.45, 2.75) is 26.2 Å². The van der Waals surface area contributed by atoms with Gasteiger partial charge in [0, 0.05) is 70.8 Å². The number of hydrogen-bond donors (Lipinski definition) is 0. The highest BCUT2D eigenvalue weighted by molar-refractivity contribution is 5.10. The molecule has 0 saturated heterocycles. The Kier molecular flexibility index (Phi) is 4.37. The Bertz CT molecular complexity index is 802. The summed E-state index contributed by atoms with van der Waals surface area (Å²) >= 11 is 0. The molecule has 4 heteroatoms. The van der Waals surface area contributed by atoms with E-state index < -0.39 is 0 Å². The lowest BCUT2D eigenvalue weighted by atomic mass is 10.2. The van der Waals surface area contributed by atoms with Gasteiger partial charge < -0.3 is 0 Å². The van der Waals surface area contributed by atoms with Gasteiger partial charge >= 0.3 is 0 Å². The molecule has 0 amide bonds. The van der Waals surface area contributed by atoms with Crippen molar-refractivity contribution in [3.63, 3.8) is 0 Å². The van der Waals surface area contributed by atoms with E-state index >= 15 is 0 Å². The summed E-state index contributed by atoms with van der Waals surface area (Å²) in [6, 6.07) is 17.7. The van der Waals surface area contributed by atoms with Gasteiger partial charge in [0.05, 0.1) is 0 Å². The van der Waals surface area contributed by atoms with E-state index in [9.17, 15) is 0 Å². The third kappa shape index (κ3) is 3.81. The highest BCUT2D eigenvalue weighted by Crippen LogP contribution is 2.02. The van der Waals surface area contributed by atoms with Crippen molar-refractivity contribution in [1.82, 2.24) is 0 Å². The van der Waals surface area contributed by atoms with Crippen molar-refractivity contribution >= 4 is 0 Å². The van der Waals surface area contributed by atoms with Crippen molar-refractivity contribution in [2.24, 2.45) is 0 Å². The molecule has 14 heterocycles. The van der Waals surface area contributed by atoms with Crippen molar-refractivity contribution < 1.29 is 18.3 Å². The molecule has 0 aromatic carbocycles. The zero-order valence-electron chi connectivity index (χ0n) is 15.9. The second-order valence-electron chi connectivity index (χ2n) is 7.51. The lowest BCUT2D eigenvalue weighted by Crippen LogP contribution is -2.38. The van der Waals surface area contributed by atoms with E-state index in [0.29, 0.717) is 0 Å². The molecule has 14 rings (SSSR count). The molecule has 4 aromatic heterocycles. The van der Waals surface area contributed by atoms with E-state index in [0.717, 1.165) is 26.2 Å². The first-order valence-electron chi connectivity index (χ1n) is 9.72. The Hall–Kier alpha value is -3.40. The van der Waals surface area contributed by atoms with Crippen LogP contribution in [-0.2, 0) is 26.2 Å². The molecular formula is C24H24N4+4. The van der Waals surface area contributed by atoms with Crippen LogP contribution in [0.5, 0.6) is 0 Å². The monoisotopic (exact) mass is 368 g/mol. The number of nitrogens with zero attached hydrogens (tertiary/aromatic N) is 4. The lowest BCUT2D eigenvalue weighted by Gasteiger charge is -2.03. The highest BCUT2D eigenvalue weighted by Gasteiger charge is 2.11. The Morgan fingerprint density at radius 3 is 0.679 bits per heavy atom. The predicted molar refractivity (Wildman–Crippen MR) is 103 cm³/mol. The fourth-order valence-electron chi connectivity index (χ4n) is 3.64. The van der Waals surface area contributed by atoms with E-state index in [2.05, 4.69) is 116 Å². The molecule has 0 atom stereocenters. The highest BCUT2D eigenvalue weighted by atomic mass is 15.0. The second-order valence-corrected chi connectivity index (χ2v) is 7.51. The summed E-state index contributed by atoms with van der Waals surface area (Å²) in [6.07, 6.45) is 17.3. The van der Waals surface area contributed by atoms with Crippen LogP contribution in [0.4, 0.5) is 0 Å². The summed E-state index contributed by atoms with van der Waals surface area (Å²) in [6.45, 7) is 3.53. The number of pyridine rings is 4.